The minimum absolute atomic E-state index is 0.0130. The van der Waals surface area contributed by atoms with E-state index in [0.717, 1.165) is 37.5 Å². The van der Waals surface area contributed by atoms with Crippen LogP contribution < -0.4 is 42.5 Å². The Labute approximate surface area is 711 Å². The van der Waals surface area contributed by atoms with Gasteiger partial charge in [0.2, 0.25) is 35.8 Å². The molecule has 11 rings (SSSR count). The van der Waals surface area contributed by atoms with Crippen LogP contribution in [0.2, 0.25) is 0 Å². The number of anilines is 3. The van der Waals surface area contributed by atoms with Crippen LogP contribution in [0.15, 0.2) is 107 Å². The number of hydrogen-bond donors (Lipinski definition) is 10. The normalized spacial score (nSPS) is 25.7. The number of carbonyl (C=O) groups excluding carboxylic acids is 10. The van der Waals surface area contributed by atoms with Crippen LogP contribution in [-0.2, 0) is 77.9 Å². The lowest BCUT2D eigenvalue weighted by atomic mass is 9.44. The average molecular weight is 1720 g/mol. The van der Waals surface area contributed by atoms with Crippen molar-refractivity contribution in [2.45, 2.75) is 234 Å². The molecule has 1 unspecified atom stereocenters. The van der Waals surface area contributed by atoms with E-state index in [4.69, 9.17) is 44.3 Å². The summed E-state index contributed by atoms with van der Waals surface area (Å²) in [7, 11) is 2.83. The summed E-state index contributed by atoms with van der Waals surface area (Å²) >= 11 is 1.86. The number of benzene rings is 3. The first-order valence-electron chi connectivity index (χ1n) is 40.8. The van der Waals surface area contributed by atoms with E-state index in [-0.39, 0.29) is 109 Å². The zero-order valence-corrected chi connectivity index (χ0v) is 72.1. The molecule has 0 spiro atoms. The SMILES string of the molecule is C#CCNc1nc(NCCNC(=O)CCC(C)SSc2ccccc2CC(=O)O[C@@H](C(=O)O[C@H]2C[C@@]3(O)[C@@H](OC(=O)c4cccc(-c5ccccc5)c4)[C@@H]4[C@]5(OC(C)=O)CO[C@@H]5C[C@H](O)[C@@]4(C)C(=O)[C@H](OC(=O)C4CC4)C(=C2C)C3(C)C)[C@H](C=C(C)C)NC(=O)OC(C)(C)C)nc(NCCOCCNC(=O)CCCC[C@@H]2SC[C@@H]3NC(=O)N[C@@H]32)n1. The molecule has 15 atom stereocenters. The lowest BCUT2D eigenvalue weighted by molar-refractivity contribution is -0.346. The lowest BCUT2D eigenvalue weighted by Crippen LogP contribution is -2.82. The summed E-state index contributed by atoms with van der Waals surface area (Å²) in [6.07, 6.45) is -1.15. The smallest absolute Gasteiger partial charge is 0.408 e. The number of amides is 5. The Bertz CT molecular complexity index is 4540. The third-order valence-corrected chi connectivity index (χ3v) is 27.4. The number of unbranched alkanes of at least 4 members (excludes halogenated alkanes) is 1. The molecule has 3 saturated heterocycles. The number of carbonyl (C=O) groups is 10. The molecular weight excluding hydrogens is 1600 g/mol. The number of nitrogens with one attached hydrogen (secondary N) is 8. The maximum absolute atomic E-state index is 16.4. The van der Waals surface area contributed by atoms with Gasteiger partial charge in [0.05, 0.1) is 79.8 Å². The zero-order valence-electron chi connectivity index (χ0n) is 69.6. The van der Waals surface area contributed by atoms with Gasteiger partial charge in [0.15, 0.2) is 17.5 Å². The second kappa shape index (κ2) is 40.0. The number of fused-ring (bicyclic) bond motifs is 6. The summed E-state index contributed by atoms with van der Waals surface area (Å²) < 4.78 is 49.8. The fourth-order valence-electron chi connectivity index (χ4n) is 16.5. The number of esters is 5. The van der Waals surface area contributed by atoms with E-state index in [1.165, 1.54) is 47.6 Å². The number of aliphatic hydroxyl groups excluding tert-OH is 1. The van der Waals surface area contributed by atoms with E-state index in [0.29, 0.717) is 78.8 Å². The van der Waals surface area contributed by atoms with E-state index in [1.54, 1.807) is 84.9 Å². The number of aromatic nitrogens is 3. The standard InChI is InChI=1S/C86H111N11O20S3/c1-13-34-89-77-95-78(97-79(96-77)91-38-40-110-39-37-88-64(100)29-20-19-28-61-68-58(46-118-61)92-80(107)94-68)90-36-35-87-65(101)33-30-49(4)119-120-60-27-18-17-24-55(60)43-66(102)113-69(57(41-48(2)3)93-81(108)117-82(7,8)9)76(106)112-59-45-86(109)73(115-75(105)56-26-21-25-54(42-56)52-22-15-14-16-23-52)71-84(12,62(99)44-63-85(71,47-111-63)116-51(6)98)72(103)70(114-74(104)53-31-32-53)67(50(59)5)83(86,10)11/h1,14-18,21-27,41-42,49,53,57-59,61-63,68-71,73,99,109H,19-20,28-40,43-47H2,2-12H3,(H,87,101)(H,88,100)(H,93,108)(H2,92,94,107)(H3,89,90,91,95,96,97)/t49?,57-,58-,59-,61-,62-,63+,68-,69+,70+,71-,73-,84+,85-,86+/m0/s1. The molecule has 5 amide bonds. The van der Waals surface area contributed by atoms with Gasteiger partial charge in [-0.05, 0) is 127 Å². The summed E-state index contributed by atoms with van der Waals surface area (Å²) in [4.78, 5) is 156. The van der Waals surface area contributed by atoms with Gasteiger partial charge in [-0.3, -0.25) is 28.8 Å². The van der Waals surface area contributed by atoms with E-state index in [1.807, 2.05) is 55.1 Å². The van der Waals surface area contributed by atoms with Crippen molar-refractivity contribution in [3.63, 3.8) is 0 Å². The monoisotopic (exact) mass is 1710 g/mol. The second-order valence-electron chi connectivity index (χ2n) is 33.4. The van der Waals surface area contributed by atoms with E-state index < -0.39 is 137 Å². The molecule has 2 bridgehead atoms. The Balaban J connectivity index is 0.747. The third kappa shape index (κ3) is 22.2. The number of thioether (sulfide) groups is 1. The van der Waals surface area contributed by atoms with Gasteiger partial charge < -0.3 is 90.6 Å². The number of urea groups is 1. The van der Waals surface area contributed by atoms with Gasteiger partial charge in [-0.1, -0.05) is 127 Å². The molecule has 7 aliphatic rings. The fraction of sp³-hybridized carbons (Fsp3) is 0.570. The van der Waals surface area contributed by atoms with Crippen molar-refractivity contribution in [1.82, 2.24) is 41.5 Å². The first-order chi connectivity index (χ1) is 57.1. The molecule has 6 fully saturated rings. The Hall–Kier alpha value is -9.50. The van der Waals surface area contributed by atoms with Crippen LogP contribution in [0.1, 0.15) is 156 Å². The number of ether oxygens (including phenoxy) is 8. The van der Waals surface area contributed by atoms with Crippen molar-refractivity contribution >= 4 is 111 Å². The minimum Gasteiger partial charge on any atom is -0.455 e. The number of terminal acetylenes is 1. The second-order valence-corrected chi connectivity index (χ2v) is 37.4. The van der Waals surface area contributed by atoms with Crippen molar-refractivity contribution < 1.29 is 96.1 Å². The van der Waals surface area contributed by atoms with E-state index in [9.17, 15) is 43.8 Å². The Morgan fingerprint density at radius 3 is 2.20 bits per heavy atom. The molecule has 3 aliphatic heterocycles. The highest BCUT2D eigenvalue weighted by atomic mass is 33.1. The van der Waals surface area contributed by atoms with Gasteiger partial charge >= 0.3 is 42.0 Å². The summed E-state index contributed by atoms with van der Waals surface area (Å²) in [5.41, 5.74) is -6.97. The topological polar surface area (TPSA) is 420 Å². The van der Waals surface area contributed by atoms with Crippen LogP contribution >= 0.6 is 33.3 Å². The maximum atomic E-state index is 16.4. The summed E-state index contributed by atoms with van der Waals surface area (Å²) in [5.74, 6) is -4.08. The highest BCUT2D eigenvalue weighted by molar-refractivity contribution is 8.77. The van der Waals surface area contributed by atoms with Gasteiger partial charge in [-0.25, -0.2) is 19.2 Å². The largest absolute Gasteiger partial charge is 0.455 e. The predicted octanol–water partition coefficient (Wildman–Crippen LogP) is 8.91. The Morgan fingerprint density at radius 1 is 0.825 bits per heavy atom. The van der Waals surface area contributed by atoms with Crippen LogP contribution in [0.3, 0.4) is 0 Å². The zero-order chi connectivity index (χ0) is 86.4. The number of Topliss-reactive ketones (excluding diaryl/α,β-unsaturated/α-hetero) is 1. The summed E-state index contributed by atoms with van der Waals surface area (Å²) in [6, 6.07) is 21.5. The first-order valence-corrected chi connectivity index (χ1v) is 44.1. The Kier molecular flexibility index (Phi) is 30.4. The van der Waals surface area contributed by atoms with E-state index >= 15 is 14.4 Å². The molecule has 120 heavy (non-hydrogen) atoms. The van der Waals surface area contributed by atoms with Gasteiger partial charge in [0.1, 0.15) is 29.5 Å². The quantitative estimate of drug-likeness (QED) is 0.00380. The number of nitrogens with zero attached hydrogens (tertiary/aromatic N) is 3. The van der Waals surface area contributed by atoms with Crippen LogP contribution in [0.4, 0.5) is 27.4 Å². The molecule has 1 aromatic heterocycles. The van der Waals surface area contributed by atoms with Gasteiger partial charge in [0, 0.05) is 85.3 Å². The molecular formula is C86H111N11O20S3. The maximum Gasteiger partial charge on any atom is 0.408 e. The molecule has 10 N–H and O–H groups in total. The van der Waals surface area contributed by atoms with Crippen molar-refractivity contribution in [3.8, 4) is 23.5 Å². The molecule has 3 saturated carbocycles. The van der Waals surface area contributed by atoms with Crippen molar-refractivity contribution in [2.75, 3.05) is 74.2 Å². The first kappa shape index (κ1) is 91.2. The van der Waals surface area contributed by atoms with E-state index in [2.05, 4.69) is 63.4 Å². The minimum atomic E-state index is -2.56. The van der Waals surface area contributed by atoms with Crippen LogP contribution in [0.25, 0.3) is 11.1 Å². The highest BCUT2D eigenvalue weighted by Crippen LogP contribution is 2.65. The molecule has 3 aromatic carbocycles. The molecule has 4 aliphatic carbocycles. The third-order valence-electron chi connectivity index (χ3n) is 22.8. The van der Waals surface area contributed by atoms with Crippen molar-refractivity contribution in [1.29, 1.82) is 0 Å². The molecule has 31 nitrogen and oxygen atoms in total. The van der Waals surface area contributed by atoms with Crippen LogP contribution in [-0.4, -0.2) is 225 Å². The predicted molar refractivity (Wildman–Crippen MR) is 451 cm³/mol. The van der Waals surface area contributed by atoms with Gasteiger partial charge in [0.25, 0.3) is 0 Å². The van der Waals surface area contributed by atoms with Crippen LogP contribution in [0, 0.1) is 35.0 Å². The number of rotatable bonds is 38. The number of ketones is 1. The van der Waals surface area contributed by atoms with Crippen molar-refractivity contribution in [2.24, 2.45) is 22.7 Å². The number of hydrogen-bond acceptors (Lipinski definition) is 29. The molecule has 34 heteroatoms. The fourth-order valence-corrected chi connectivity index (χ4v) is 20.5. The number of allylic oxidation sites excluding steroid dienone is 1. The molecule has 648 valence electrons. The number of alkyl carbamates (subject to hydrolysis) is 1. The number of aliphatic hydroxyl groups is 2. The molecule has 0 radical (unpaired) electrons. The van der Waals surface area contributed by atoms with Gasteiger partial charge in [-0.2, -0.15) is 26.7 Å². The summed E-state index contributed by atoms with van der Waals surface area (Å²) in [5, 5.41) is 51.1. The van der Waals surface area contributed by atoms with Gasteiger partial charge in [-0.15, -0.1) is 6.42 Å². The molecule has 4 heterocycles. The van der Waals surface area contributed by atoms with Crippen molar-refractivity contribution in [3.05, 3.63) is 113 Å². The Morgan fingerprint density at radius 2 is 1.51 bits per heavy atom. The average Bonchev–Trinajstić information content (AvgIpc) is 1.43. The lowest BCUT2D eigenvalue weighted by Gasteiger charge is -2.67. The summed E-state index contributed by atoms with van der Waals surface area (Å²) in [6.45, 7) is 19.1. The molecule has 4 aromatic rings. The van der Waals surface area contributed by atoms with Crippen LogP contribution in [0.5, 0.6) is 0 Å². The highest BCUT2D eigenvalue weighted by Gasteiger charge is 2.78.